The summed E-state index contributed by atoms with van der Waals surface area (Å²) in [7, 11) is 0. The van der Waals surface area contributed by atoms with Crippen molar-refractivity contribution in [2.45, 2.75) is 25.0 Å². The van der Waals surface area contributed by atoms with Crippen LogP contribution in [0, 0.1) is 0 Å². The number of piperidine rings is 1. The number of anilines is 1. The van der Waals surface area contributed by atoms with Crippen LogP contribution in [-0.2, 0) is 0 Å². The fourth-order valence-corrected chi connectivity index (χ4v) is 3.63. The summed E-state index contributed by atoms with van der Waals surface area (Å²) >= 11 is 9.22. The maximum Gasteiger partial charge on any atom is 0.187 e. The molecule has 1 fully saturated rings. The zero-order chi connectivity index (χ0) is 10.7. The topological polar surface area (TPSA) is 29.0 Å². The number of hydrogen-bond acceptors (Lipinski definition) is 5. The number of hydrogen-bond donors (Lipinski definition) is 0. The second kappa shape index (κ2) is 5.37. The Labute approximate surface area is 104 Å². The van der Waals surface area contributed by atoms with E-state index in [4.69, 9.17) is 11.6 Å². The zero-order valence-electron chi connectivity index (χ0n) is 8.65. The standard InChI is InChI=1S/C9H14ClN3S2/c1-2-14-7-3-5-13(6-4-7)9-8(10)11-15-12-9/h7H,2-6H2,1H3. The summed E-state index contributed by atoms with van der Waals surface area (Å²) in [6, 6.07) is 0. The molecule has 0 saturated carbocycles. The minimum absolute atomic E-state index is 0.557. The fraction of sp³-hybridized carbons (Fsp3) is 0.778. The van der Waals surface area contributed by atoms with Gasteiger partial charge in [0.1, 0.15) is 0 Å². The highest BCUT2D eigenvalue weighted by Crippen LogP contribution is 2.29. The quantitative estimate of drug-likeness (QED) is 0.839. The molecule has 0 atom stereocenters. The van der Waals surface area contributed by atoms with Gasteiger partial charge in [0, 0.05) is 18.3 Å². The predicted octanol–water partition coefficient (Wildman–Crippen LogP) is 2.91. The molecule has 0 bridgehead atoms. The van der Waals surface area contributed by atoms with E-state index in [1.54, 1.807) is 0 Å². The van der Waals surface area contributed by atoms with Crippen LogP contribution in [0.25, 0.3) is 0 Å². The van der Waals surface area contributed by atoms with Crippen molar-refractivity contribution in [2.24, 2.45) is 0 Å². The van der Waals surface area contributed by atoms with Crippen LogP contribution in [0.2, 0.25) is 5.15 Å². The van der Waals surface area contributed by atoms with Crippen molar-refractivity contribution in [1.82, 2.24) is 8.75 Å². The van der Waals surface area contributed by atoms with Crippen LogP contribution in [0.4, 0.5) is 5.82 Å². The van der Waals surface area contributed by atoms with E-state index < -0.39 is 0 Å². The van der Waals surface area contributed by atoms with Crippen molar-refractivity contribution in [2.75, 3.05) is 23.7 Å². The van der Waals surface area contributed by atoms with Crippen molar-refractivity contribution in [3.05, 3.63) is 5.15 Å². The van der Waals surface area contributed by atoms with E-state index in [-0.39, 0.29) is 0 Å². The van der Waals surface area contributed by atoms with Crippen molar-refractivity contribution >= 4 is 40.9 Å². The molecule has 1 aromatic rings. The Kier molecular flexibility index (Phi) is 4.11. The minimum Gasteiger partial charge on any atom is -0.353 e. The van der Waals surface area contributed by atoms with E-state index in [1.165, 1.54) is 30.3 Å². The van der Waals surface area contributed by atoms with Gasteiger partial charge in [0.25, 0.3) is 0 Å². The number of aromatic nitrogens is 2. The first kappa shape index (κ1) is 11.5. The zero-order valence-corrected chi connectivity index (χ0v) is 11.0. The van der Waals surface area contributed by atoms with Gasteiger partial charge < -0.3 is 4.90 Å². The Balaban J connectivity index is 1.91. The number of thioether (sulfide) groups is 1. The average Bonchev–Trinajstić information content (AvgIpc) is 2.66. The van der Waals surface area contributed by atoms with E-state index in [0.717, 1.165) is 24.2 Å². The molecule has 1 saturated heterocycles. The van der Waals surface area contributed by atoms with E-state index in [1.807, 2.05) is 0 Å². The van der Waals surface area contributed by atoms with E-state index >= 15 is 0 Å². The Hall–Kier alpha value is -0.0000000000000000555. The van der Waals surface area contributed by atoms with Gasteiger partial charge in [-0.05, 0) is 18.6 Å². The molecule has 0 spiro atoms. The largest absolute Gasteiger partial charge is 0.353 e. The molecule has 0 aromatic carbocycles. The van der Waals surface area contributed by atoms with Gasteiger partial charge in [-0.2, -0.15) is 20.5 Å². The van der Waals surface area contributed by atoms with Crippen LogP contribution in [0.3, 0.4) is 0 Å². The molecule has 3 nitrogen and oxygen atoms in total. The van der Waals surface area contributed by atoms with Gasteiger partial charge in [-0.3, -0.25) is 0 Å². The number of halogens is 1. The molecule has 2 rings (SSSR count). The van der Waals surface area contributed by atoms with Crippen LogP contribution in [-0.4, -0.2) is 32.8 Å². The lowest BCUT2D eigenvalue weighted by Gasteiger charge is -2.31. The maximum absolute atomic E-state index is 5.96. The first-order chi connectivity index (χ1) is 7.31. The molecule has 0 N–H and O–H groups in total. The van der Waals surface area contributed by atoms with Crippen molar-refractivity contribution in [1.29, 1.82) is 0 Å². The second-order valence-electron chi connectivity index (χ2n) is 3.52. The number of nitrogens with zero attached hydrogens (tertiary/aromatic N) is 3. The molecular weight excluding hydrogens is 250 g/mol. The molecule has 15 heavy (non-hydrogen) atoms. The third-order valence-electron chi connectivity index (χ3n) is 2.58. The normalized spacial score (nSPS) is 18.4. The smallest absolute Gasteiger partial charge is 0.187 e. The average molecular weight is 264 g/mol. The Morgan fingerprint density at radius 2 is 2.20 bits per heavy atom. The van der Waals surface area contributed by atoms with E-state index in [2.05, 4.69) is 32.3 Å². The first-order valence-electron chi connectivity index (χ1n) is 5.16. The van der Waals surface area contributed by atoms with Gasteiger partial charge in [-0.25, -0.2) is 0 Å². The second-order valence-corrected chi connectivity index (χ2v) is 5.98. The van der Waals surface area contributed by atoms with Crippen LogP contribution in [0.5, 0.6) is 0 Å². The predicted molar refractivity (Wildman–Crippen MR) is 68.3 cm³/mol. The summed E-state index contributed by atoms with van der Waals surface area (Å²) in [5, 5.41) is 1.37. The summed E-state index contributed by atoms with van der Waals surface area (Å²) in [4.78, 5) is 2.25. The molecule has 1 aliphatic rings. The van der Waals surface area contributed by atoms with Crippen LogP contribution in [0.15, 0.2) is 0 Å². The maximum atomic E-state index is 5.96. The molecule has 6 heteroatoms. The lowest BCUT2D eigenvalue weighted by atomic mass is 10.1. The third kappa shape index (κ3) is 2.77. The lowest BCUT2D eigenvalue weighted by Crippen LogP contribution is -2.35. The lowest BCUT2D eigenvalue weighted by molar-refractivity contribution is 0.588. The molecular formula is C9H14ClN3S2. The van der Waals surface area contributed by atoms with Crippen LogP contribution >= 0.6 is 35.1 Å². The molecule has 0 unspecified atom stereocenters. The van der Waals surface area contributed by atoms with Crippen molar-refractivity contribution in [3.63, 3.8) is 0 Å². The van der Waals surface area contributed by atoms with Crippen LogP contribution in [0.1, 0.15) is 19.8 Å². The Morgan fingerprint density at radius 3 is 2.73 bits per heavy atom. The minimum atomic E-state index is 0.557. The summed E-state index contributed by atoms with van der Waals surface area (Å²) in [6.07, 6.45) is 2.46. The molecule has 1 aliphatic heterocycles. The Morgan fingerprint density at radius 1 is 1.47 bits per heavy atom. The van der Waals surface area contributed by atoms with Gasteiger partial charge in [-0.15, -0.1) is 0 Å². The highest BCUT2D eigenvalue weighted by atomic mass is 35.5. The molecule has 1 aromatic heterocycles. The highest BCUT2D eigenvalue weighted by Gasteiger charge is 2.22. The van der Waals surface area contributed by atoms with Crippen molar-refractivity contribution in [3.8, 4) is 0 Å². The highest BCUT2D eigenvalue weighted by molar-refractivity contribution is 7.99. The van der Waals surface area contributed by atoms with Crippen molar-refractivity contribution < 1.29 is 0 Å². The van der Waals surface area contributed by atoms with Gasteiger partial charge in [0.15, 0.2) is 11.0 Å². The Bertz CT molecular complexity index is 310. The third-order valence-corrected chi connectivity index (χ3v) is 4.73. The summed E-state index contributed by atoms with van der Waals surface area (Å²) in [5.41, 5.74) is 0. The monoisotopic (exact) mass is 263 g/mol. The van der Waals surface area contributed by atoms with Gasteiger partial charge in [0.05, 0.1) is 11.7 Å². The number of rotatable bonds is 3. The SMILES string of the molecule is CCSC1CCN(c2nsnc2Cl)CC1. The summed E-state index contributed by atoms with van der Waals surface area (Å²) in [5.74, 6) is 2.09. The first-order valence-corrected chi connectivity index (χ1v) is 7.31. The molecule has 0 amide bonds. The summed E-state index contributed by atoms with van der Waals surface area (Å²) < 4.78 is 8.22. The molecule has 84 valence electrons. The molecule has 0 radical (unpaired) electrons. The van der Waals surface area contributed by atoms with E-state index in [0.29, 0.717) is 5.15 Å². The van der Waals surface area contributed by atoms with E-state index in [9.17, 15) is 0 Å². The fourth-order valence-electron chi connectivity index (χ4n) is 1.83. The van der Waals surface area contributed by atoms with Gasteiger partial charge >= 0.3 is 0 Å². The van der Waals surface area contributed by atoms with Gasteiger partial charge in [0.2, 0.25) is 0 Å². The van der Waals surface area contributed by atoms with Crippen LogP contribution < -0.4 is 4.90 Å². The molecule has 0 aliphatic carbocycles. The van der Waals surface area contributed by atoms with Gasteiger partial charge in [-0.1, -0.05) is 18.5 Å². The summed E-state index contributed by atoms with van der Waals surface area (Å²) in [6.45, 7) is 4.34. The molecule has 2 heterocycles.